The van der Waals surface area contributed by atoms with Gasteiger partial charge in [0.15, 0.2) is 0 Å². The summed E-state index contributed by atoms with van der Waals surface area (Å²) in [5.74, 6) is 0.554. The second kappa shape index (κ2) is 8.50. The van der Waals surface area contributed by atoms with E-state index >= 15 is 0 Å². The van der Waals surface area contributed by atoms with Crippen LogP contribution in [0.1, 0.15) is 15.9 Å². The Hall–Kier alpha value is -2.11. The lowest BCUT2D eigenvalue weighted by Crippen LogP contribution is -2.21. The molecule has 118 valence electrons. The Balaban J connectivity index is 2.19. The number of benzene rings is 2. The van der Waals surface area contributed by atoms with Gasteiger partial charge in [0.25, 0.3) is 5.17 Å². The third kappa shape index (κ3) is 5.23. The molecule has 0 atom stereocenters. The maximum Gasteiger partial charge on any atom is 0.264 e. The lowest BCUT2D eigenvalue weighted by molar-refractivity contribution is 0.108. The molecule has 0 aliphatic heterocycles. The fourth-order valence-electron chi connectivity index (χ4n) is 1.69. The molecule has 0 amide bonds. The molecule has 5 heteroatoms. The van der Waals surface area contributed by atoms with Crippen molar-refractivity contribution in [3.05, 3.63) is 77.2 Å². The van der Waals surface area contributed by atoms with Gasteiger partial charge in [-0.25, -0.2) is 0 Å². The zero-order chi connectivity index (χ0) is 16.7. The van der Waals surface area contributed by atoms with E-state index in [4.69, 9.17) is 17.0 Å². The van der Waals surface area contributed by atoms with E-state index in [-0.39, 0.29) is 5.12 Å². The summed E-state index contributed by atoms with van der Waals surface area (Å²) in [5.41, 5.74) is 1.52. The van der Waals surface area contributed by atoms with E-state index < -0.39 is 0 Å². The van der Waals surface area contributed by atoms with Crippen molar-refractivity contribution in [1.82, 2.24) is 4.90 Å². The first kappa shape index (κ1) is 17.2. The van der Waals surface area contributed by atoms with E-state index in [1.54, 1.807) is 22.4 Å². The number of hydrogen-bond donors (Lipinski definition) is 0. The molecule has 0 aliphatic rings. The first-order valence-electron chi connectivity index (χ1n) is 6.98. The van der Waals surface area contributed by atoms with Gasteiger partial charge in [-0.05, 0) is 12.2 Å². The van der Waals surface area contributed by atoms with Crippen LogP contribution in [0.4, 0.5) is 0 Å². The third-order valence-corrected chi connectivity index (χ3v) is 4.13. The smallest absolute Gasteiger partial charge is 0.264 e. The van der Waals surface area contributed by atoms with Gasteiger partial charge in [-0.15, -0.1) is 0 Å². The Morgan fingerprint density at radius 1 is 1.00 bits per heavy atom. The summed E-state index contributed by atoms with van der Waals surface area (Å²) in [5, 5.41) is 1.99. The lowest BCUT2D eigenvalue weighted by atomic mass is 10.2. The van der Waals surface area contributed by atoms with Crippen molar-refractivity contribution >= 4 is 40.0 Å². The van der Waals surface area contributed by atoms with Crippen LogP contribution in [-0.4, -0.2) is 29.3 Å². The number of thioether (sulfide) groups is 1. The first-order chi connectivity index (χ1) is 11.1. The van der Waals surface area contributed by atoms with Crippen LogP contribution in [0, 0.1) is 0 Å². The standard InChI is InChI=1S/C18H17NO2S2/c1-19(2)18(22)21-16(14-9-5-3-6-10-14)13-23-17(20)15-11-7-4-8-12-15/h3-13H,1-2H3/b16-13-. The van der Waals surface area contributed by atoms with Crippen LogP contribution in [0.25, 0.3) is 5.76 Å². The Bertz CT molecular complexity index is 697. The van der Waals surface area contributed by atoms with Crippen LogP contribution in [0.15, 0.2) is 66.1 Å². The lowest BCUT2D eigenvalue weighted by Gasteiger charge is -2.16. The minimum Gasteiger partial charge on any atom is -0.431 e. The van der Waals surface area contributed by atoms with Crippen molar-refractivity contribution in [2.75, 3.05) is 14.1 Å². The van der Waals surface area contributed by atoms with Crippen molar-refractivity contribution in [3.8, 4) is 0 Å². The summed E-state index contributed by atoms with van der Waals surface area (Å²) in [6.45, 7) is 0. The summed E-state index contributed by atoms with van der Waals surface area (Å²) in [6, 6.07) is 18.7. The number of ether oxygens (including phenoxy) is 1. The Labute approximate surface area is 146 Å². The Morgan fingerprint density at radius 3 is 2.04 bits per heavy atom. The Morgan fingerprint density at radius 2 is 1.52 bits per heavy atom. The normalized spacial score (nSPS) is 11.0. The fourth-order valence-corrected chi connectivity index (χ4v) is 2.45. The van der Waals surface area contributed by atoms with Gasteiger partial charge >= 0.3 is 0 Å². The number of hydrogen-bond acceptors (Lipinski definition) is 4. The van der Waals surface area contributed by atoms with Crippen molar-refractivity contribution in [2.24, 2.45) is 0 Å². The predicted octanol–water partition coefficient (Wildman–Crippen LogP) is 4.42. The number of thiocarbonyl (C=S) groups is 1. The predicted molar refractivity (Wildman–Crippen MR) is 100 cm³/mol. The molecule has 0 N–H and O–H groups in total. The molecule has 0 fully saturated rings. The van der Waals surface area contributed by atoms with E-state index in [1.807, 2.05) is 62.6 Å². The molecule has 0 spiro atoms. The second-order valence-electron chi connectivity index (χ2n) is 4.88. The van der Waals surface area contributed by atoms with Crippen molar-refractivity contribution in [2.45, 2.75) is 0 Å². The third-order valence-electron chi connectivity index (χ3n) is 2.90. The topological polar surface area (TPSA) is 29.5 Å². The molecule has 0 bridgehead atoms. The van der Waals surface area contributed by atoms with Crippen LogP contribution in [-0.2, 0) is 4.74 Å². The highest BCUT2D eigenvalue weighted by atomic mass is 32.2. The van der Waals surface area contributed by atoms with E-state index in [2.05, 4.69) is 0 Å². The van der Waals surface area contributed by atoms with Gasteiger partial charge in [-0.2, -0.15) is 0 Å². The summed E-state index contributed by atoms with van der Waals surface area (Å²) in [7, 11) is 3.63. The monoisotopic (exact) mass is 343 g/mol. The van der Waals surface area contributed by atoms with Gasteiger partial charge < -0.3 is 9.64 Å². The molecule has 0 unspecified atom stereocenters. The van der Waals surface area contributed by atoms with Gasteiger partial charge in [0, 0.05) is 30.6 Å². The van der Waals surface area contributed by atoms with Gasteiger partial charge in [-0.3, -0.25) is 4.79 Å². The van der Waals surface area contributed by atoms with Gasteiger partial charge in [0.2, 0.25) is 5.12 Å². The average Bonchev–Trinajstić information content (AvgIpc) is 2.59. The van der Waals surface area contributed by atoms with E-state index in [9.17, 15) is 4.79 Å². The average molecular weight is 343 g/mol. The minimum atomic E-state index is -0.0431. The van der Waals surface area contributed by atoms with Crippen LogP contribution < -0.4 is 0 Å². The van der Waals surface area contributed by atoms with Gasteiger partial charge in [-0.1, -0.05) is 72.4 Å². The van der Waals surface area contributed by atoms with Crippen molar-refractivity contribution in [1.29, 1.82) is 0 Å². The molecule has 0 radical (unpaired) electrons. The molecule has 0 aliphatic carbocycles. The summed E-state index contributed by atoms with van der Waals surface area (Å²) in [6.07, 6.45) is 0. The maximum absolute atomic E-state index is 12.2. The molecule has 23 heavy (non-hydrogen) atoms. The van der Waals surface area contributed by atoms with Crippen LogP contribution in [0.3, 0.4) is 0 Å². The quantitative estimate of drug-likeness (QED) is 0.605. The maximum atomic E-state index is 12.2. The molecule has 0 saturated heterocycles. The van der Waals surface area contributed by atoms with Gasteiger partial charge in [0.1, 0.15) is 5.76 Å². The SMILES string of the molecule is CN(C)C(=S)O/C(=C\SC(=O)c1ccccc1)c1ccccc1. The Kier molecular flexibility index (Phi) is 6.38. The molecular formula is C18H17NO2S2. The molecule has 3 nitrogen and oxygen atoms in total. The van der Waals surface area contributed by atoms with Gasteiger partial charge in [0.05, 0.1) is 0 Å². The largest absolute Gasteiger partial charge is 0.431 e. The van der Waals surface area contributed by atoms with Crippen molar-refractivity contribution in [3.63, 3.8) is 0 Å². The highest BCUT2D eigenvalue weighted by Gasteiger charge is 2.10. The molecule has 2 aromatic carbocycles. The van der Waals surface area contributed by atoms with Crippen LogP contribution in [0.2, 0.25) is 0 Å². The summed E-state index contributed by atoms with van der Waals surface area (Å²) < 4.78 is 5.73. The summed E-state index contributed by atoms with van der Waals surface area (Å²) >= 11 is 6.28. The number of rotatable bonds is 4. The molecule has 0 saturated carbocycles. The van der Waals surface area contributed by atoms with Crippen LogP contribution in [0.5, 0.6) is 0 Å². The van der Waals surface area contributed by atoms with E-state index in [0.29, 0.717) is 16.5 Å². The minimum absolute atomic E-state index is 0.0431. The number of nitrogens with zero attached hydrogens (tertiary/aromatic N) is 1. The number of carbonyl (C=O) groups is 1. The second-order valence-corrected chi connectivity index (χ2v) is 6.07. The fraction of sp³-hybridized carbons (Fsp3) is 0.111. The molecule has 0 aromatic heterocycles. The van der Waals surface area contributed by atoms with E-state index in [0.717, 1.165) is 17.3 Å². The molecular weight excluding hydrogens is 326 g/mol. The van der Waals surface area contributed by atoms with Crippen molar-refractivity contribution < 1.29 is 9.53 Å². The molecule has 0 heterocycles. The van der Waals surface area contributed by atoms with E-state index in [1.165, 1.54) is 0 Å². The number of carbonyl (C=O) groups excluding carboxylic acids is 1. The first-order valence-corrected chi connectivity index (χ1v) is 8.27. The van der Waals surface area contributed by atoms with Crippen LogP contribution >= 0.6 is 24.0 Å². The molecule has 2 rings (SSSR count). The molecule has 2 aromatic rings. The summed E-state index contributed by atoms with van der Waals surface area (Å²) in [4.78, 5) is 13.9. The zero-order valence-corrected chi connectivity index (χ0v) is 14.6. The zero-order valence-electron chi connectivity index (χ0n) is 12.9. The highest BCUT2D eigenvalue weighted by molar-refractivity contribution is 8.16. The highest BCUT2D eigenvalue weighted by Crippen LogP contribution is 2.23.